The summed E-state index contributed by atoms with van der Waals surface area (Å²) in [7, 11) is -3.74. The summed E-state index contributed by atoms with van der Waals surface area (Å²) in [6, 6.07) is 11.2. The summed E-state index contributed by atoms with van der Waals surface area (Å²) in [4.78, 5) is 24.2. The molecule has 2 amide bonds. The first-order chi connectivity index (χ1) is 13.4. The lowest BCUT2D eigenvalue weighted by Gasteiger charge is -2.20. The molecule has 3 N–H and O–H groups in total. The number of sulfonamides is 1. The Balaban J connectivity index is 2.03. The summed E-state index contributed by atoms with van der Waals surface area (Å²) in [5.74, 6) is -0.707. The molecule has 2 aromatic rings. The number of hydrogen-bond acceptors (Lipinski definition) is 4. The maximum Gasteiger partial charge on any atom is 0.262 e. The van der Waals surface area contributed by atoms with Gasteiger partial charge in [-0.1, -0.05) is 12.1 Å². The third kappa shape index (κ3) is 6.60. The minimum absolute atomic E-state index is 0.142. The van der Waals surface area contributed by atoms with E-state index in [0.717, 1.165) is 5.56 Å². The van der Waals surface area contributed by atoms with Crippen molar-refractivity contribution in [1.82, 2.24) is 10.6 Å². The van der Waals surface area contributed by atoms with Crippen molar-refractivity contribution in [2.75, 3.05) is 11.3 Å². The lowest BCUT2D eigenvalue weighted by atomic mass is 10.1. The van der Waals surface area contributed by atoms with Crippen LogP contribution in [0.25, 0.3) is 0 Å². The van der Waals surface area contributed by atoms with E-state index in [0.29, 0.717) is 16.8 Å². The molecule has 0 atom stereocenters. The average molecular weight is 418 g/mol. The van der Waals surface area contributed by atoms with Crippen molar-refractivity contribution in [3.05, 3.63) is 59.2 Å². The summed E-state index contributed by atoms with van der Waals surface area (Å²) in [6.07, 6.45) is 0. The van der Waals surface area contributed by atoms with Gasteiger partial charge < -0.3 is 10.6 Å². The van der Waals surface area contributed by atoms with Crippen LogP contribution in [-0.4, -0.2) is 32.3 Å². The van der Waals surface area contributed by atoms with E-state index in [1.165, 1.54) is 24.3 Å². The van der Waals surface area contributed by atoms with Gasteiger partial charge in [-0.2, -0.15) is 0 Å². The molecule has 0 spiro atoms. The monoisotopic (exact) mass is 417 g/mol. The Morgan fingerprint density at radius 2 is 1.59 bits per heavy atom. The molecule has 0 aliphatic heterocycles. The summed E-state index contributed by atoms with van der Waals surface area (Å²) < 4.78 is 27.8. The van der Waals surface area contributed by atoms with E-state index in [2.05, 4.69) is 15.4 Å². The molecule has 156 valence electrons. The van der Waals surface area contributed by atoms with Crippen LogP contribution in [0.4, 0.5) is 5.69 Å². The number of benzene rings is 2. The molecule has 29 heavy (non-hydrogen) atoms. The number of hydrogen-bond donors (Lipinski definition) is 3. The van der Waals surface area contributed by atoms with E-state index < -0.39 is 15.9 Å². The highest BCUT2D eigenvalue weighted by atomic mass is 32.2. The van der Waals surface area contributed by atoms with Gasteiger partial charge in [0.1, 0.15) is 0 Å². The largest absolute Gasteiger partial charge is 0.350 e. The van der Waals surface area contributed by atoms with Crippen LogP contribution in [0, 0.1) is 13.8 Å². The van der Waals surface area contributed by atoms with E-state index in [1.807, 2.05) is 33.8 Å². The van der Waals surface area contributed by atoms with Crippen LogP contribution in [0.2, 0.25) is 0 Å². The zero-order valence-electron chi connectivity index (χ0n) is 17.3. The van der Waals surface area contributed by atoms with Crippen LogP contribution in [-0.2, 0) is 14.8 Å². The summed E-state index contributed by atoms with van der Waals surface area (Å²) in [6.45, 7) is 8.97. The SMILES string of the molecule is Cc1ccc(C)c(S(=O)(=O)Nc2ccc(C(=O)NCC(=O)NC(C)(C)C)cc2)c1. The van der Waals surface area contributed by atoms with Gasteiger partial charge in [-0.05, 0) is 76.1 Å². The molecular weight excluding hydrogens is 390 g/mol. The zero-order valence-corrected chi connectivity index (χ0v) is 18.1. The second-order valence-corrected chi connectivity index (χ2v) is 9.58. The van der Waals surface area contributed by atoms with Gasteiger partial charge in [-0.3, -0.25) is 14.3 Å². The number of amides is 2. The lowest BCUT2D eigenvalue weighted by molar-refractivity contribution is -0.121. The Morgan fingerprint density at radius 3 is 2.17 bits per heavy atom. The summed E-state index contributed by atoms with van der Waals surface area (Å²) in [5.41, 5.74) is 1.78. The van der Waals surface area contributed by atoms with E-state index in [-0.39, 0.29) is 22.9 Å². The summed E-state index contributed by atoms with van der Waals surface area (Å²) in [5, 5.41) is 5.29. The third-order valence-corrected chi connectivity index (χ3v) is 5.48. The topological polar surface area (TPSA) is 104 Å². The predicted octanol–water partition coefficient (Wildman–Crippen LogP) is 2.75. The van der Waals surface area contributed by atoms with Crippen LogP contribution in [0.15, 0.2) is 47.4 Å². The lowest BCUT2D eigenvalue weighted by Crippen LogP contribution is -2.45. The van der Waals surface area contributed by atoms with Crippen LogP contribution in [0.5, 0.6) is 0 Å². The quantitative estimate of drug-likeness (QED) is 0.672. The van der Waals surface area contributed by atoms with Gasteiger partial charge in [0.25, 0.3) is 15.9 Å². The van der Waals surface area contributed by atoms with Gasteiger partial charge in [0.05, 0.1) is 11.4 Å². The van der Waals surface area contributed by atoms with Crippen LogP contribution in [0.3, 0.4) is 0 Å². The average Bonchev–Trinajstić information content (AvgIpc) is 2.60. The number of rotatable bonds is 6. The van der Waals surface area contributed by atoms with Gasteiger partial charge in [0.15, 0.2) is 0 Å². The zero-order chi connectivity index (χ0) is 21.8. The van der Waals surface area contributed by atoms with Crippen molar-refractivity contribution < 1.29 is 18.0 Å². The number of carbonyl (C=O) groups excluding carboxylic acids is 2. The highest BCUT2D eigenvalue weighted by Crippen LogP contribution is 2.21. The molecule has 0 aliphatic carbocycles. The fourth-order valence-electron chi connectivity index (χ4n) is 2.62. The molecule has 7 nitrogen and oxygen atoms in total. The number of anilines is 1. The molecule has 8 heteroatoms. The fourth-order valence-corrected chi connectivity index (χ4v) is 4.01. The predicted molar refractivity (Wildman–Crippen MR) is 113 cm³/mol. The van der Waals surface area contributed by atoms with Crippen LogP contribution < -0.4 is 15.4 Å². The Bertz CT molecular complexity index is 1010. The highest BCUT2D eigenvalue weighted by molar-refractivity contribution is 7.92. The number of nitrogens with one attached hydrogen (secondary N) is 3. The molecule has 0 fully saturated rings. The second kappa shape index (κ2) is 8.65. The van der Waals surface area contributed by atoms with Gasteiger partial charge >= 0.3 is 0 Å². The smallest absolute Gasteiger partial charge is 0.262 e. The molecule has 0 radical (unpaired) electrons. The molecular formula is C21H27N3O4S. The van der Waals surface area contributed by atoms with Gasteiger partial charge in [0.2, 0.25) is 5.91 Å². The first kappa shape index (κ1) is 22.4. The van der Waals surface area contributed by atoms with Gasteiger partial charge in [0, 0.05) is 16.8 Å². The molecule has 0 saturated carbocycles. The van der Waals surface area contributed by atoms with E-state index >= 15 is 0 Å². The second-order valence-electron chi connectivity index (χ2n) is 7.93. The van der Waals surface area contributed by atoms with E-state index in [4.69, 9.17) is 0 Å². The van der Waals surface area contributed by atoms with E-state index in [1.54, 1.807) is 19.1 Å². The fraction of sp³-hybridized carbons (Fsp3) is 0.333. The Hall–Kier alpha value is -2.87. The Morgan fingerprint density at radius 1 is 0.966 bits per heavy atom. The number of aryl methyl sites for hydroxylation is 2. The molecule has 0 bridgehead atoms. The standard InChI is InChI=1S/C21H27N3O4S/c1-14-6-7-15(2)18(12-14)29(27,28)24-17-10-8-16(9-11-17)20(26)22-13-19(25)23-21(3,4)5/h6-12,24H,13H2,1-5H3,(H,22,26)(H,23,25). The van der Waals surface area contributed by atoms with Gasteiger partial charge in [-0.15, -0.1) is 0 Å². The van der Waals surface area contributed by atoms with Crippen molar-refractivity contribution in [3.63, 3.8) is 0 Å². The molecule has 2 aromatic carbocycles. The maximum absolute atomic E-state index is 12.7. The van der Waals surface area contributed by atoms with Crippen molar-refractivity contribution in [3.8, 4) is 0 Å². The van der Waals surface area contributed by atoms with Gasteiger partial charge in [-0.25, -0.2) is 8.42 Å². The molecule has 0 heterocycles. The molecule has 0 saturated heterocycles. The highest BCUT2D eigenvalue weighted by Gasteiger charge is 2.18. The molecule has 0 aromatic heterocycles. The van der Waals surface area contributed by atoms with E-state index in [9.17, 15) is 18.0 Å². The minimum Gasteiger partial charge on any atom is -0.350 e. The Labute approximate surface area is 172 Å². The van der Waals surface area contributed by atoms with Crippen LogP contribution >= 0.6 is 0 Å². The van der Waals surface area contributed by atoms with Crippen molar-refractivity contribution >= 4 is 27.5 Å². The van der Waals surface area contributed by atoms with Crippen LogP contribution in [0.1, 0.15) is 42.3 Å². The normalized spacial score (nSPS) is 11.6. The third-order valence-electron chi connectivity index (χ3n) is 3.96. The van der Waals surface area contributed by atoms with Crippen molar-refractivity contribution in [2.24, 2.45) is 0 Å². The first-order valence-electron chi connectivity index (χ1n) is 9.17. The first-order valence-corrected chi connectivity index (χ1v) is 10.6. The molecule has 0 aliphatic rings. The summed E-state index contributed by atoms with van der Waals surface area (Å²) >= 11 is 0. The minimum atomic E-state index is -3.74. The van der Waals surface area contributed by atoms with Crippen molar-refractivity contribution in [2.45, 2.75) is 45.1 Å². The maximum atomic E-state index is 12.7. The Kier molecular flexibility index (Phi) is 6.69. The van der Waals surface area contributed by atoms with Crippen molar-refractivity contribution in [1.29, 1.82) is 0 Å². The molecule has 0 unspecified atom stereocenters. The number of carbonyl (C=O) groups is 2. The molecule has 2 rings (SSSR count).